The molecule has 1 heterocycles. The lowest BCUT2D eigenvalue weighted by Crippen LogP contribution is -2.14. The minimum Gasteiger partial charge on any atom is -0.495 e. The van der Waals surface area contributed by atoms with E-state index in [9.17, 15) is 13.2 Å². The number of ether oxygens (including phenoxy) is 1. The van der Waals surface area contributed by atoms with Crippen molar-refractivity contribution < 1.29 is 17.6 Å². The zero-order valence-electron chi connectivity index (χ0n) is 14.1. The molecule has 7 heteroatoms. The van der Waals surface area contributed by atoms with Crippen LogP contribution in [-0.2, 0) is 22.9 Å². The van der Waals surface area contributed by atoms with Crippen LogP contribution in [0.4, 0.5) is 5.69 Å². The van der Waals surface area contributed by atoms with Crippen LogP contribution in [0.2, 0.25) is 0 Å². The molecule has 6 nitrogen and oxygen atoms in total. The molecular formula is C19H17NO5S. The van der Waals surface area contributed by atoms with Gasteiger partial charge in [-0.25, -0.2) is 13.2 Å². The number of aryl methyl sites for hydroxylation is 2. The summed E-state index contributed by atoms with van der Waals surface area (Å²) >= 11 is 0. The van der Waals surface area contributed by atoms with Gasteiger partial charge in [-0.3, -0.25) is 4.72 Å². The first kappa shape index (κ1) is 16.7. The first-order valence-corrected chi connectivity index (χ1v) is 9.71. The molecular weight excluding hydrogens is 354 g/mol. The highest BCUT2D eigenvalue weighted by atomic mass is 32.2. The topological polar surface area (TPSA) is 85.6 Å². The molecule has 0 amide bonds. The van der Waals surface area contributed by atoms with E-state index in [0.717, 1.165) is 30.4 Å². The molecule has 2 aromatic carbocycles. The molecule has 0 radical (unpaired) electrons. The molecule has 1 N–H and O–H groups in total. The minimum absolute atomic E-state index is 0.125. The Bertz CT molecular complexity index is 1160. The van der Waals surface area contributed by atoms with Gasteiger partial charge in [0, 0.05) is 17.1 Å². The summed E-state index contributed by atoms with van der Waals surface area (Å²) in [6, 6.07) is 11.1. The van der Waals surface area contributed by atoms with Gasteiger partial charge < -0.3 is 9.15 Å². The van der Waals surface area contributed by atoms with Crippen LogP contribution in [0.5, 0.6) is 5.75 Å². The molecule has 0 unspecified atom stereocenters. The summed E-state index contributed by atoms with van der Waals surface area (Å²) in [5.74, 6) is 0.338. The second-order valence-corrected chi connectivity index (χ2v) is 7.89. The van der Waals surface area contributed by atoms with Crippen molar-refractivity contribution in [1.82, 2.24) is 0 Å². The summed E-state index contributed by atoms with van der Waals surface area (Å²) in [4.78, 5) is 11.4. The second-order valence-electron chi connectivity index (χ2n) is 6.24. The van der Waals surface area contributed by atoms with Gasteiger partial charge >= 0.3 is 5.63 Å². The molecule has 3 aromatic rings. The van der Waals surface area contributed by atoms with Crippen LogP contribution in [0.25, 0.3) is 11.0 Å². The van der Waals surface area contributed by atoms with Crippen molar-refractivity contribution in [3.05, 3.63) is 64.0 Å². The SMILES string of the molecule is COc1cc2c(cc1S(=O)(=O)Nc1ccc3oc(=O)ccc3c1)CCC2. The van der Waals surface area contributed by atoms with E-state index in [-0.39, 0.29) is 4.90 Å². The van der Waals surface area contributed by atoms with Crippen molar-refractivity contribution in [2.45, 2.75) is 24.2 Å². The third kappa shape index (κ3) is 2.94. The van der Waals surface area contributed by atoms with Crippen LogP contribution < -0.4 is 15.1 Å². The lowest BCUT2D eigenvalue weighted by atomic mass is 10.1. The van der Waals surface area contributed by atoms with Crippen LogP contribution >= 0.6 is 0 Å². The van der Waals surface area contributed by atoms with E-state index in [2.05, 4.69) is 4.72 Å². The third-order valence-corrected chi connectivity index (χ3v) is 5.94. The van der Waals surface area contributed by atoms with Crippen molar-refractivity contribution in [2.24, 2.45) is 0 Å². The predicted octanol–water partition coefficient (Wildman–Crippen LogP) is 3.09. The van der Waals surface area contributed by atoms with Gasteiger partial charge in [0.15, 0.2) is 0 Å². The first-order valence-electron chi connectivity index (χ1n) is 8.23. The molecule has 0 saturated heterocycles. The molecule has 1 aliphatic rings. The first-order chi connectivity index (χ1) is 12.5. The van der Waals surface area contributed by atoms with Crippen LogP contribution in [0.1, 0.15) is 17.5 Å². The summed E-state index contributed by atoms with van der Waals surface area (Å²) in [5.41, 5.74) is 2.52. The van der Waals surface area contributed by atoms with Gasteiger partial charge in [0.05, 0.1) is 7.11 Å². The Kier molecular flexibility index (Phi) is 3.96. The standard InChI is InChI=1S/C19H17NO5S/c1-24-17-10-12-3-2-4-13(12)11-18(17)26(22,23)20-15-6-7-16-14(9-15)5-8-19(21)25-16/h5-11,20H,2-4H2,1H3. The Morgan fingerprint density at radius 2 is 1.81 bits per heavy atom. The Balaban J connectivity index is 1.74. The Labute approximate surface area is 150 Å². The highest BCUT2D eigenvalue weighted by molar-refractivity contribution is 7.92. The summed E-state index contributed by atoms with van der Waals surface area (Å²) in [6.07, 6.45) is 2.83. The monoisotopic (exact) mass is 371 g/mol. The molecule has 1 aromatic heterocycles. The maximum atomic E-state index is 12.9. The van der Waals surface area contributed by atoms with Crippen LogP contribution in [-0.4, -0.2) is 15.5 Å². The van der Waals surface area contributed by atoms with Crippen LogP contribution in [0.3, 0.4) is 0 Å². The fourth-order valence-corrected chi connectivity index (χ4v) is 4.55. The Morgan fingerprint density at radius 1 is 1.04 bits per heavy atom. The molecule has 0 atom stereocenters. The van der Waals surface area contributed by atoms with E-state index in [1.165, 1.54) is 13.2 Å². The average Bonchev–Trinajstić information content (AvgIpc) is 3.08. The van der Waals surface area contributed by atoms with E-state index in [0.29, 0.717) is 22.4 Å². The van der Waals surface area contributed by atoms with Gasteiger partial charge in [-0.1, -0.05) is 0 Å². The van der Waals surface area contributed by atoms with Crippen molar-refractivity contribution in [3.8, 4) is 5.75 Å². The Hall–Kier alpha value is -2.80. The maximum absolute atomic E-state index is 12.9. The molecule has 0 saturated carbocycles. The van der Waals surface area contributed by atoms with Gasteiger partial charge in [-0.05, 0) is 66.8 Å². The number of methoxy groups -OCH3 is 1. The lowest BCUT2D eigenvalue weighted by Gasteiger charge is -2.14. The average molecular weight is 371 g/mol. The van der Waals surface area contributed by atoms with Crippen molar-refractivity contribution >= 4 is 26.7 Å². The smallest absolute Gasteiger partial charge is 0.336 e. The summed E-state index contributed by atoms with van der Waals surface area (Å²) < 4.78 is 38.8. The quantitative estimate of drug-likeness (QED) is 0.712. The summed E-state index contributed by atoms with van der Waals surface area (Å²) in [7, 11) is -2.36. The van der Waals surface area contributed by atoms with Crippen molar-refractivity contribution in [3.63, 3.8) is 0 Å². The lowest BCUT2D eigenvalue weighted by molar-refractivity contribution is 0.402. The number of rotatable bonds is 4. The number of hydrogen-bond donors (Lipinski definition) is 1. The number of anilines is 1. The van der Waals surface area contributed by atoms with E-state index >= 15 is 0 Å². The normalized spacial score (nSPS) is 13.6. The van der Waals surface area contributed by atoms with Crippen molar-refractivity contribution in [1.29, 1.82) is 0 Å². The number of benzene rings is 2. The molecule has 0 fully saturated rings. The fraction of sp³-hybridized carbons (Fsp3) is 0.211. The summed E-state index contributed by atoms with van der Waals surface area (Å²) in [5, 5.41) is 0.630. The van der Waals surface area contributed by atoms with Crippen LogP contribution in [0, 0.1) is 0 Å². The fourth-order valence-electron chi connectivity index (χ4n) is 3.29. The van der Waals surface area contributed by atoms with Gasteiger partial charge in [0.1, 0.15) is 16.2 Å². The van der Waals surface area contributed by atoms with Crippen molar-refractivity contribution in [2.75, 3.05) is 11.8 Å². The molecule has 0 spiro atoms. The molecule has 1 aliphatic carbocycles. The number of sulfonamides is 1. The molecule has 26 heavy (non-hydrogen) atoms. The van der Waals surface area contributed by atoms with E-state index < -0.39 is 15.6 Å². The highest BCUT2D eigenvalue weighted by Gasteiger charge is 2.24. The molecule has 4 rings (SSSR count). The third-order valence-electron chi connectivity index (χ3n) is 4.54. The zero-order valence-corrected chi connectivity index (χ0v) is 14.9. The van der Waals surface area contributed by atoms with E-state index in [4.69, 9.17) is 9.15 Å². The van der Waals surface area contributed by atoms with Gasteiger partial charge in [0.2, 0.25) is 0 Å². The number of fused-ring (bicyclic) bond motifs is 2. The highest BCUT2D eigenvalue weighted by Crippen LogP contribution is 2.33. The van der Waals surface area contributed by atoms with E-state index in [1.807, 2.05) is 6.07 Å². The van der Waals surface area contributed by atoms with Gasteiger partial charge in [0.25, 0.3) is 10.0 Å². The number of nitrogens with one attached hydrogen (secondary N) is 1. The van der Waals surface area contributed by atoms with Gasteiger partial charge in [-0.2, -0.15) is 0 Å². The van der Waals surface area contributed by atoms with Crippen LogP contribution in [0.15, 0.2) is 56.6 Å². The maximum Gasteiger partial charge on any atom is 0.336 e. The largest absolute Gasteiger partial charge is 0.495 e. The zero-order chi connectivity index (χ0) is 18.3. The molecule has 0 aliphatic heterocycles. The summed E-state index contributed by atoms with van der Waals surface area (Å²) in [6.45, 7) is 0. The van der Waals surface area contributed by atoms with E-state index in [1.54, 1.807) is 30.3 Å². The molecule has 134 valence electrons. The minimum atomic E-state index is -3.82. The number of hydrogen-bond acceptors (Lipinski definition) is 5. The Morgan fingerprint density at radius 3 is 2.58 bits per heavy atom. The predicted molar refractivity (Wildman–Crippen MR) is 98.3 cm³/mol. The second kappa shape index (κ2) is 6.17. The molecule has 0 bridgehead atoms. The van der Waals surface area contributed by atoms with Gasteiger partial charge in [-0.15, -0.1) is 0 Å².